The molecule has 6 nitrogen and oxygen atoms in total. The average molecular weight is 853 g/mol. The summed E-state index contributed by atoms with van der Waals surface area (Å²) in [4.78, 5) is 20.8. The Labute approximate surface area is 383 Å². The lowest BCUT2D eigenvalue weighted by Crippen LogP contribution is -2.04. The molecular weight excluding hydrogens is 809 g/mol. The minimum absolute atomic E-state index is 0.639. The minimum atomic E-state index is 0.639. The first-order valence-corrected chi connectivity index (χ1v) is 22.4. The third kappa shape index (κ3) is 7.38. The van der Waals surface area contributed by atoms with Gasteiger partial charge in [0.05, 0.1) is 11.1 Å². The van der Waals surface area contributed by atoms with Crippen molar-refractivity contribution in [2.24, 2.45) is 9.98 Å². The average Bonchev–Trinajstić information content (AvgIpc) is 3.97. The van der Waals surface area contributed by atoms with Crippen LogP contribution in [-0.2, 0) is 0 Å². The Balaban J connectivity index is 1.02. The lowest BCUT2D eigenvalue weighted by molar-refractivity contribution is 0.667. The monoisotopic (exact) mass is 852 g/mol. The van der Waals surface area contributed by atoms with Crippen LogP contribution in [-0.4, -0.2) is 21.5 Å². The van der Waals surface area contributed by atoms with Crippen molar-refractivity contribution in [3.8, 4) is 44.9 Å². The summed E-state index contributed by atoms with van der Waals surface area (Å²) in [7, 11) is 0. The molecule has 0 aliphatic rings. The minimum Gasteiger partial charge on any atom is -0.455 e. The number of furan rings is 2. The van der Waals surface area contributed by atoms with Crippen LogP contribution in [0.25, 0.3) is 94.6 Å². The number of amidine groups is 1. The highest BCUT2D eigenvalue weighted by Crippen LogP contribution is 2.45. The van der Waals surface area contributed by atoms with Gasteiger partial charge in [-0.25, -0.2) is 20.0 Å². The predicted octanol–water partition coefficient (Wildman–Crippen LogP) is 16.0. The van der Waals surface area contributed by atoms with Gasteiger partial charge in [0.1, 0.15) is 28.0 Å². The van der Waals surface area contributed by atoms with E-state index < -0.39 is 0 Å². The van der Waals surface area contributed by atoms with Crippen LogP contribution < -0.4 is 0 Å². The van der Waals surface area contributed by atoms with Crippen molar-refractivity contribution in [3.63, 3.8) is 0 Å². The van der Waals surface area contributed by atoms with Crippen molar-refractivity contribution in [2.75, 3.05) is 0 Å². The number of hydrogen-bond donors (Lipinski definition) is 0. The van der Waals surface area contributed by atoms with Gasteiger partial charge in [0, 0.05) is 49.9 Å². The fraction of sp³-hybridized carbons (Fsp3) is 0.0667. The normalized spacial score (nSPS) is 12.7. The van der Waals surface area contributed by atoms with Crippen molar-refractivity contribution in [3.05, 3.63) is 222 Å². The van der Waals surface area contributed by atoms with E-state index in [0.29, 0.717) is 17.2 Å². The van der Waals surface area contributed by atoms with Gasteiger partial charge in [-0.05, 0) is 48.6 Å². The van der Waals surface area contributed by atoms with E-state index in [4.69, 9.17) is 28.8 Å². The van der Waals surface area contributed by atoms with Crippen LogP contribution in [0.1, 0.15) is 43.9 Å². The molecule has 0 fully saturated rings. The first-order valence-electron chi connectivity index (χ1n) is 22.4. The Morgan fingerprint density at radius 1 is 0.455 bits per heavy atom. The van der Waals surface area contributed by atoms with E-state index in [1.54, 1.807) is 0 Å². The second-order valence-corrected chi connectivity index (χ2v) is 16.5. The first kappa shape index (κ1) is 40.3. The molecule has 11 rings (SSSR count). The summed E-state index contributed by atoms with van der Waals surface area (Å²) in [6.07, 6.45) is 0.850. The van der Waals surface area contributed by atoms with Crippen LogP contribution >= 0.6 is 0 Å². The largest absolute Gasteiger partial charge is 0.455 e. The Morgan fingerprint density at radius 2 is 1.03 bits per heavy atom. The third-order valence-corrected chi connectivity index (χ3v) is 12.4. The molecule has 66 heavy (non-hydrogen) atoms. The molecule has 0 radical (unpaired) electrons. The van der Waals surface area contributed by atoms with Crippen molar-refractivity contribution < 1.29 is 8.83 Å². The van der Waals surface area contributed by atoms with Crippen molar-refractivity contribution in [2.45, 2.75) is 27.2 Å². The molecule has 3 aromatic heterocycles. The molecule has 0 aliphatic heterocycles. The fourth-order valence-electron chi connectivity index (χ4n) is 8.81. The molecule has 0 amide bonds. The van der Waals surface area contributed by atoms with Gasteiger partial charge >= 0.3 is 0 Å². The highest BCUT2D eigenvalue weighted by atomic mass is 16.3. The van der Waals surface area contributed by atoms with Crippen LogP contribution in [0, 0.1) is 0 Å². The fourth-order valence-corrected chi connectivity index (χ4v) is 8.81. The molecule has 6 heteroatoms. The number of allylic oxidation sites excluding steroid dienone is 1. The van der Waals surface area contributed by atoms with Gasteiger partial charge in [0.25, 0.3) is 0 Å². The zero-order valence-electron chi connectivity index (χ0n) is 36.9. The molecule has 8 aromatic carbocycles. The summed E-state index contributed by atoms with van der Waals surface area (Å²) in [5, 5.41) is 3.00. The van der Waals surface area contributed by atoms with Gasteiger partial charge in [-0.3, -0.25) is 0 Å². The quantitative estimate of drug-likeness (QED) is 0.107. The van der Waals surface area contributed by atoms with E-state index in [1.165, 1.54) is 5.57 Å². The Hall–Kier alpha value is -8.48. The number of rotatable bonds is 9. The number of aromatic nitrogens is 2. The molecule has 316 valence electrons. The lowest BCUT2D eigenvalue weighted by Gasteiger charge is -2.12. The molecule has 0 N–H and O–H groups in total. The molecule has 0 spiro atoms. The molecule has 0 unspecified atom stereocenters. The number of para-hydroxylation sites is 2. The second kappa shape index (κ2) is 17.2. The van der Waals surface area contributed by atoms with Crippen LogP contribution in [0.4, 0.5) is 0 Å². The van der Waals surface area contributed by atoms with Crippen LogP contribution in [0.3, 0.4) is 0 Å². The SMILES string of the molecule is CC/C(C)=C(/N=C(N=C(C)c1ccccc1)c1ccccc1)c1ccc(-c2cccc3c2oc2c(-c4cccc5oc6c(-c7ccccc7)nc(-c7ccccc7)nc6c45)cccc23)cc1. The van der Waals surface area contributed by atoms with Crippen LogP contribution in [0.15, 0.2) is 225 Å². The van der Waals surface area contributed by atoms with E-state index >= 15 is 0 Å². The summed E-state index contributed by atoms with van der Waals surface area (Å²) in [5.74, 6) is 1.31. The number of benzene rings is 8. The van der Waals surface area contributed by atoms with E-state index in [1.807, 2.05) is 104 Å². The highest BCUT2D eigenvalue weighted by Gasteiger charge is 2.23. The Morgan fingerprint density at radius 3 is 1.70 bits per heavy atom. The van der Waals surface area contributed by atoms with Gasteiger partial charge in [0.15, 0.2) is 17.2 Å². The molecular formula is C60H44N4O2. The maximum absolute atomic E-state index is 7.05. The summed E-state index contributed by atoms with van der Waals surface area (Å²) >= 11 is 0. The van der Waals surface area contributed by atoms with Gasteiger partial charge < -0.3 is 8.83 Å². The number of fused-ring (bicyclic) bond motifs is 6. The molecule has 11 aromatic rings. The molecule has 0 bridgehead atoms. The Bertz CT molecular complexity index is 3660. The van der Waals surface area contributed by atoms with Gasteiger partial charge in [-0.15, -0.1) is 0 Å². The first-order chi connectivity index (χ1) is 32.5. The topological polar surface area (TPSA) is 76.8 Å². The molecule has 3 heterocycles. The third-order valence-electron chi connectivity index (χ3n) is 12.4. The van der Waals surface area contributed by atoms with E-state index in [0.717, 1.165) is 112 Å². The second-order valence-electron chi connectivity index (χ2n) is 16.5. The maximum Gasteiger partial charge on any atom is 0.180 e. The van der Waals surface area contributed by atoms with Crippen molar-refractivity contribution in [1.82, 2.24) is 9.97 Å². The molecule has 0 aliphatic carbocycles. The number of aliphatic imine (C=N–C) groups is 2. The van der Waals surface area contributed by atoms with Gasteiger partial charge in [-0.2, -0.15) is 0 Å². The van der Waals surface area contributed by atoms with Crippen LogP contribution in [0.5, 0.6) is 0 Å². The smallest absolute Gasteiger partial charge is 0.180 e. The summed E-state index contributed by atoms with van der Waals surface area (Å²) in [6.45, 7) is 6.36. The van der Waals surface area contributed by atoms with E-state index in [9.17, 15) is 0 Å². The van der Waals surface area contributed by atoms with E-state index in [-0.39, 0.29) is 0 Å². The zero-order chi connectivity index (χ0) is 44.6. The van der Waals surface area contributed by atoms with Gasteiger partial charge in [0.2, 0.25) is 0 Å². The predicted molar refractivity (Wildman–Crippen MR) is 273 cm³/mol. The zero-order valence-corrected chi connectivity index (χ0v) is 36.9. The summed E-state index contributed by atoms with van der Waals surface area (Å²) in [5.41, 5.74) is 16.4. The van der Waals surface area contributed by atoms with Crippen LogP contribution in [0.2, 0.25) is 0 Å². The molecule has 0 atom stereocenters. The number of nitrogens with zero attached hydrogens (tertiary/aromatic N) is 4. The maximum atomic E-state index is 7.05. The summed E-state index contributed by atoms with van der Waals surface area (Å²) < 4.78 is 13.7. The van der Waals surface area contributed by atoms with Crippen molar-refractivity contribution in [1.29, 1.82) is 0 Å². The lowest BCUT2D eigenvalue weighted by atomic mass is 9.97. The molecule has 0 saturated carbocycles. The van der Waals surface area contributed by atoms with Gasteiger partial charge in [-0.1, -0.05) is 201 Å². The van der Waals surface area contributed by atoms with Crippen molar-refractivity contribution >= 4 is 61.3 Å². The molecule has 0 saturated heterocycles. The number of hydrogen-bond acceptors (Lipinski definition) is 5. The Kier molecular flexibility index (Phi) is 10.5. The standard InChI is InChI=1S/C60H44N4O2/c1-4-38(2)53(62-59(44-24-13-7-14-25-44)61-39(3)40-20-9-5-10-21-40)43-36-34-41(35-37-43)46-28-17-31-49-50-32-18-30-48(57(50)66-56(46)49)47-29-19-33-51-52(47)55-58(65-51)54(42-22-11-6-12-23-42)63-60(64-55)45-26-15-8-16-27-45/h5-37H,4H2,1-3H3/b53-38+,61-39?,62-59?. The highest BCUT2D eigenvalue weighted by molar-refractivity contribution is 6.19. The summed E-state index contributed by atoms with van der Waals surface area (Å²) in [6, 6.07) is 68.4. The van der Waals surface area contributed by atoms with E-state index in [2.05, 4.69) is 117 Å².